The lowest BCUT2D eigenvalue weighted by molar-refractivity contribution is 0.537. The van der Waals surface area contributed by atoms with Crippen LogP contribution < -0.4 is 5.32 Å². The van der Waals surface area contributed by atoms with Crippen molar-refractivity contribution in [3.63, 3.8) is 0 Å². The third kappa shape index (κ3) is 4.21. The number of hydrogen-bond donors (Lipinski definition) is 1. The van der Waals surface area contributed by atoms with Crippen LogP contribution in [0.2, 0.25) is 0 Å². The van der Waals surface area contributed by atoms with E-state index in [9.17, 15) is 0 Å². The van der Waals surface area contributed by atoms with Gasteiger partial charge in [0.05, 0.1) is 0 Å². The molecule has 0 saturated heterocycles. The largest absolute Gasteiger partial charge is 0.384 e. The van der Waals surface area contributed by atoms with Gasteiger partial charge in [-0.15, -0.1) is 0 Å². The second kappa shape index (κ2) is 6.63. The summed E-state index contributed by atoms with van der Waals surface area (Å²) < 4.78 is 0. The molecular formula is C17H25N. The maximum atomic E-state index is 3.59. The van der Waals surface area contributed by atoms with E-state index in [2.05, 4.69) is 49.5 Å². The molecule has 0 fully saturated rings. The molecule has 18 heavy (non-hydrogen) atoms. The van der Waals surface area contributed by atoms with Crippen molar-refractivity contribution in [3.05, 3.63) is 41.5 Å². The van der Waals surface area contributed by atoms with Gasteiger partial charge in [-0.1, -0.05) is 31.1 Å². The zero-order valence-corrected chi connectivity index (χ0v) is 11.7. The predicted molar refractivity (Wildman–Crippen MR) is 80.1 cm³/mol. The third-order valence-electron chi connectivity index (χ3n) is 3.64. The van der Waals surface area contributed by atoms with Crippen LogP contribution in [0.5, 0.6) is 0 Å². The summed E-state index contributed by atoms with van der Waals surface area (Å²) in [7, 11) is 0. The number of anilines is 1. The molecule has 0 spiro atoms. The fourth-order valence-corrected chi connectivity index (χ4v) is 2.73. The Morgan fingerprint density at radius 1 is 1.06 bits per heavy atom. The van der Waals surface area contributed by atoms with E-state index < -0.39 is 0 Å². The molecular weight excluding hydrogens is 218 g/mol. The summed E-state index contributed by atoms with van der Waals surface area (Å²) in [5.74, 6) is 0.700. The third-order valence-corrected chi connectivity index (χ3v) is 3.64. The molecule has 0 aliphatic heterocycles. The Kier molecular flexibility index (Phi) is 4.86. The van der Waals surface area contributed by atoms with E-state index in [1.54, 1.807) is 0 Å². The van der Waals surface area contributed by atoms with E-state index in [1.807, 2.05) is 0 Å². The van der Waals surface area contributed by atoms with Gasteiger partial charge in [-0.25, -0.2) is 0 Å². The van der Waals surface area contributed by atoms with Crippen LogP contribution in [0.25, 0.3) is 0 Å². The Labute approximate surface area is 111 Å². The average molecular weight is 243 g/mol. The van der Waals surface area contributed by atoms with Crippen LogP contribution in [0.1, 0.15) is 43.2 Å². The minimum Gasteiger partial charge on any atom is -0.384 e. The van der Waals surface area contributed by atoms with Crippen LogP contribution in [0.15, 0.2) is 30.4 Å². The molecule has 1 N–H and O–H groups in total. The molecule has 0 saturated carbocycles. The second-order valence-corrected chi connectivity index (χ2v) is 5.58. The number of hydrogen-bond acceptors (Lipinski definition) is 1. The standard InChI is InChI=1S/C17H25N/c1-14-10-15(2)12-17(11-14)18-13-16-8-6-4-3-5-7-9-16/h6,8,10-12,16,18H,3-5,7,9,13H2,1-2H3/b8-6+. The van der Waals surface area contributed by atoms with E-state index >= 15 is 0 Å². The first kappa shape index (κ1) is 13.2. The van der Waals surface area contributed by atoms with Gasteiger partial charge in [0.2, 0.25) is 0 Å². The summed E-state index contributed by atoms with van der Waals surface area (Å²) in [6, 6.07) is 6.69. The average Bonchev–Trinajstić information content (AvgIpc) is 2.26. The smallest absolute Gasteiger partial charge is 0.0345 e. The normalized spacial score (nSPS) is 22.0. The first-order chi connectivity index (χ1) is 8.74. The van der Waals surface area contributed by atoms with Crippen molar-refractivity contribution < 1.29 is 0 Å². The van der Waals surface area contributed by atoms with Crippen molar-refractivity contribution in [2.24, 2.45) is 5.92 Å². The van der Waals surface area contributed by atoms with Crippen LogP contribution in [0.4, 0.5) is 5.69 Å². The monoisotopic (exact) mass is 243 g/mol. The SMILES string of the molecule is Cc1cc(C)cc(NCC2/C=C/CCCCC2)c1. The fourth-order valence-electron chi connectivity index (χ4n) is 2.73. The van der Waals surface area contributed by atoms with Crippen LogP contribution in [0.3, 0.4) is 0 Å². The topological polar surface area (TPSA) is 12.0 Å². The Balaban J connectivity index is 1.91. The molecule has 1 aliphatic rings. The number of aryl methyl sites for hydroxylation is 2. The lowest BCUT2D eigenvalue weighted by atomic mass is 9.96. The Morgan fingerprint density at radius 3 is 2.61 bits per heavy atom. The molecule has 0 heterocycles. The van der Waals surface area contributed by atoms with Crippen molar-refractivity contribution >= 4 is 5.69 Å². The molecule has 0 aromatic heterocycles. The van der Waals surface area contributed by atoms with E-state index in [1.165, 1.54) is 48.9 Å². The van der Waals surface area contributed by atoms with Crippen molar-refractivity contribution in [1.29, 1.82) is 0 Å². The van der Waals surface area contributed by atoms with Crippen molar-refractivity contribution in [3.8, 4) is 0 Å². The first-order valence-electron chi connectivity index (χ1n) is 7.23. The molecule has 1 aromatic carbocycles. The van der Waals surface area contributed by atoms with Crippen LogP contribution >= 0.6 is 0 Å². The van der Waals surface area contributed by atoms with Crippen LogP contribution in [-0.4, -0.2) is 6.54 Å². The maximum Gasteiger partial charge on any atom is 0.0345 e. The van der Waals surface area contributed by atoms with E-state index in [-0.39, 0.29) is 0 Å². The molecule has 1 nitrogen and oxygen atoms in total. The summed E-state index contributed by atoms with van der Waals surface area (Å²) >= 11 is 0. The van der Waals surface area contributed by atoms with Gasteiger partial charge >= 0.3 is 0 Å². The highest BCUT2D eigenvalue weighted by molar-refractivity contribution is 5.48. The minimum absolute atomic E-state index is 0.700. The van der Waals surface area contributed by atoms with Crippen LogP contribution in [0, 0.1) is 19.8 Å². The molecule has 1 heteroatoms. The quantitative estimate of drug-likeness (QED) is 0.748. The Bertz CT molecular complexity index is 386. The fraction of sp³-hybridized carbons (Fsp3) is 0.529. The Morgan fingerprint density at radius 2 is 1.83 bits per heavy atom. The van der Waals surface area contributed by atoms with Crippen LogP contribution in [-0.2, 0) is 0 Å². The molecule has 1 unspecified atom stereocenters. The minimum atomic E-state index is 0.700. The van der Waals surface area contributed by atoms with Gasteiger partial charge in [0.1, 0.15) is 0 Å². The highest BCUT2D eigenvalue weighted by Gasteiger charge is 2.07. The first-order valence-corrected chi connectivity index (χ1v) is 7.23. The molecule has 0 bridgehead atoms. The van der Waals surface area contributed by atoms with E-state index in [4.69, 9.17) is 0 Å². The second-order valence-electron chi connectivity index (χ2n) is 5.58. The highest BCUT2D eigenvalue weighted by Crippen LogP contribution is 2.19. The van der Waals surface area contributed by atoms with Gasteiger partial charge in [0.25, 0.3) is 0 Å². The molecule has 98 valence electrons. The molecule has 2 rings (SSSR count). The molecule has 1 aromatic rings. The lowest BCUT2D eigenvalue weighted by Gasteiger charge is -2.17. The summed E-state index contributed by atoms with van der Waals surface area (Å²) in [5.41, 5.74) is 3.94. The van der Waals surface area contributed by atoms with Gasteiger partial charge in [-0.3, -0.25) is 0 Å². The number of rotatable bonds is 3. The van der Waals surface area contributed by atoms with Gasteiger partial charge in [0, 0.05) is 12.2 Å². The van der Waals surface area contributed by atoms with E-state index in [0.717, 1.165) is 6.54 Å². The summed E-state index contributed by atoms with van der Waals surface area (Å²) in [4.78, 5) is 0. The summed E-state index contributed by atoms with van der Waals surface area (Å²) in [6.07, 6.45) is 11.5. The summed E-state index contributed by atoms with van der Waals surface area (Å²) in [6.45, 7) is 5.39. The Hall–Kier alpha value is -1.24. The zero-order valence-electron chi connectivity index (χ0n) is 11.7. The van der Waals surface area contributed by atoms with Gasteiger partial charge in [-0.2, -0.15) is 0 Å². The lowest BCUT2D eigenvalue weighted by Crippen LogP contribution is -2.13. The van der Waals surface area contributed by atoms with Crippen molar-refractivity contribution in [1.82, 2.24) is 0 Å². The zero-order chi connectivity index (χ0) is 12.8. The molecule has 1 atom stereocenters. The van der Waals surface area contributed by atoms with Gasteiger partial charge in [-0.05, 0) is 62.3 Å². The number of benzene rings is 1. The maximum absolute atomic E-state index is 3.59. The number of nitrogens with one attached hydrogen (secondary N) is 1. The highest BCUT2D eigenvalue weighted by atomic mass is 14.9. The predicted octanol–water partition coefficient (Wildman–Crippen LogP) is 4.85. The van der Waals surface area contributed by atoms with Crippen molar-refractivity contribution in [2.75, 3.05) is 11.9 Å². The molecule has 0 radical (unpaired) electrons. The van der Waals surface area contributed by atoms with Gasteiger partial charge < -0.3 is 5.32 Å². The molecule has 0 amide bonds. The molecule has 1 aliphatic carbocycles. The summed E-state index contributed by atoms with van der Waals surface area (Å²) in [5, 5.41) is 3.59. The van der Waals surface area contributed by atoms with Crippen molar-refractivity contribution in [2.45, 2.75) is 46.0 Å². The van der Waals surface area contributed by atoms with Gasteiger partial charge in [0.15, 0.2) is 0 Å². The number of allylic oxidation sites excluding steroid dienone is 1. The van der Waals surface area contributed by atoms with E-state index in [0.29, 0.717) is 5.92 Å².